The maximum absolute atomic E-state index is 12.9. The molecule has 0 aromatic carbocycles. The van der Waals surface area contributed by atoms with Crippen LogP contribution in [-0.4, -0.2) is 42.1 Å². The lowest BCUT2D eigenvalue weighted by Gasteiger charge is -2.27. The normalized spacial score (nSPS) is 17.0. The topological polar surface area (TPSA) is 156 Å². The number of rotatable bonds is 8. The van der Waals surface area contributed by atoms with Crippen molar-refractivity contribution in [3.05, 3.63) is 65.9 Å². The summed E-state index contributed by atoms with van der Waals surface area (Å²) in [5, 5.41) is 19.8. The Labute approximate surface area is 225 Å². The van der Waals surface area contributed by atoms with Gasteiger partial charge in [0.15, 0.2) is 5.76 Å². The van der Waals surface area contributed by atoms with E-state index in [1.165, 1.54) is 0 Å². The van der Waals surface area contributed by atoms with E-state index >= 15 is 0 Å². The molecule has 39 heavy (non-hydrogen) atoms. The van der Waals surface area contributed by atoms with E-state index in [0.29, 0.717) is 53.9 Å². The molecule has 4 aromatic heterocycles. The fraction of sp³-hybridized carbons (Fsp3) is 0.321. The lowest BCUT2D eigenvalue weighted by atomic mass is 9.78. The second-order valence-corrected chi connectivity index (χ2v) is 9.59. The highest BCUT2D eigenvalue weighted by Crippen LogP contribution is 2.32. The number of hydrogen-bond donors (Lipinski definition) is 3. The van der Waals surface area contributed by atoms with E-state index in [0.717, 1.165) is 29.7 Å². The van der Waals surface area contributed by atoms with Crippen LogP contribution in [0.4, 0.5) is 11.6 Å². The number of anilines is 2. The predicted molar refractivity (Wildman–Crippen MR) is 144 cm³/mol. The molecule has 1 fully saturated rings. The SMILES string of the molecule is Cc1nc(-c2onc(C)c2CNc2nccc(-c3cccnc3)n2)ccc1NC(=O)[C@H]1CCCC[C@@H]1C(=O)O. The summed E-state index contributed by atoms with van der Waals surface area (Å²) in [6, 6.07) is 9.11. The first-order valence-corrected chi connectivity index (χ1v) is 12.8. The van der Waals surface area contributed by atoms with Crippen molar-refractivity contribution in [2.75, 3.05) is 10.6 Å². The Morgan fingerprint density at radius 3 is 2.56 bits per heavy atom. The van der Waals surface area contributed by atoms with Gasteiger partial charge in [-0.1, -0.05) is 18.0 Å². The van der Waals surface area contributed by atoms with E-state index in [-0.39, 0.29) is 5.91 Å². The van der Waals surface area contributed by atoms with E-state index in [4.69, 9.17) is 4.52 Å². The zero-order chi connectivity index (χ0) is 27.4. The monoisotopic (exact) mass is 527 g/mol. The van der Waals surface area contributed by atoms with Crippen LogP contribution < -0.4 is 10.6 Å². The summed E-state index contributed by atoms with van der Waals surface area (Å²) in [7, 11) is 0. The quantitative estimate of drug-likeness (QED) is 0.295. The van der Waals surface area contributed by atoms with Crippen molar-refractivity contribution in [1.82, 2.24) is 25.1 Å². The van der Waals surface area contributed by atoms with Crippen LogP contribution in [0.25, 0.3) is 22.7 Å². The van der Waals surface area contributed by atoms with Gasteiger partial charge in [0, 0.05) is 36.3 Å². The Morgan fingerprint density at radius 2 is 1.82 bits per heavy atom. The molecule has 0 unspecified atom stereocenters. The van der Waals surface area contributed by atoms with Gasteiger partial charge < -0.3 is 20.3 Å². The van der Waals surface area contributed by atoms with Crippen molar-refractivity contribution in [1.29, 1.82) is 0 Å². The standard InChI is InChI=1S/C28H29N7O4/c1-16-21(15-31-28-30-13-11-23(34-28)18-6-5-12-29-14-18)25(39-35-16)24-10-9-22(17(2)32-24)33-26(36)19-7-3-4-8-20(19)27(37)38/h5-6,9-14,19-20H,3-4,7-8,15H2,1-2H3,(H,33,36)(H,37,38)(H,30,31,34)/t19-,20-/m0/s1. The highest BCUT2D eigenvalue weighted by molar-refractivity contribution is 5.95. The molecule has 1 amide bonds. The van der Waals surface area contributed by atoms with Gasteiger partial charge in [-0.3, -0.25) is 14.6 Å². The van der Waals surface area contributed by atoms with Gasteiger partial charge in [-0.05, 0) is 57.0 Å². The number of carbonyl (C=O) groups is 2. The molecular weight excluding hydrogens is 498 g/mol. The summed E-state index contributed by atoms with van der Waals surface area (Å²) in [5.41, 5.74) is 4.84. The summed E-state index contributed by atoms with van der Waals surface area (Å²) in [5.74, 6) is -1.46. The first-order chi connectivity index (χ1) is 18.9. The molecule has 11 nitrogen and oxygen atoms in total. The third kappa shape index (κ3) is 5.77. The van der Waals surface area contributed by atoms with Gasteiger partial charge in [0.2, 0.25) is 11.9 Å². The van der Waals surface area contributed by atoms with Crippen LogP contribution in [0.5, 0.6) is 0 Å². The highest BCUT2D eigenvalue weighted by atomic mass is 16.5. The number of amides is 1. The van der Waals surface area contributed by atoms with Crippen LogP contribution in [-0.2, 0) is 16.1 Å². The summed E-state index contributed by atoms with van der Waals surface area (Å²) in [4.78, 5) is 42.2. The molecule has 1 aliphatic rings. The summed E-state index contributed by atoms with van der Waals surface area (Å²) >= 11 is 0. The van der Waals surface area contributed by atoms with Crippen molar-refractivity contribution < 1.29 is 19.2 Å². The Balaban J connectivity index is 1.30. The van der Waals surface area contributed by atoms with Gasteiger partial charge in [0.25, 0.3) is 0 Å². The largest absolute Gasteiger partial charge is 0.481 e. The highest BCUT2D eigenvalue weighted by Gasteiger charge is 2.36. The van der Waals surface area contributed by atoms with Crippen LogP contribution in [0, 0.1) is 25.7 Å². The minimum Gasteiger partial charge on any atom is -0.481 e. The second kappa shape index (κ2) is 11.4. The maximum Gasteiger partial charge on any atom is 0.307 e. The number of aromatic nitrogens is 5. The molecule has 1 aliphatic carbocycles. The lowest BCUT2D eigenvalue weighted by Crippen LogP contribution is -2.36. The van der Waals surface area contributed by atoms with E-state index in [2.05, 4.69) is 35.7 Å². The molecule has 4 heterocycles. The second-order valence-electron chi connectivity index (χ2n) is 9.59. The Kier molecular flexibility index (Phi) is 7.57. The van der Waals surface area contributed by atoms with E-state index in [1.807, 2.05) is 25.1 Å². The number of carbonyl (C=O) groups excluding carboxylic acids is 1. The third-order valence-corrected chi connectivity index (χ3v) is 7.02. The number of carboxylic acids is 1. The number of pyridine rings is 2. The van der Waals surface area contributed by atoms with Gasteiger partial charge in [-0.25, -0.2) is 15.0 Å². The molecule has 5 rings (SSSR count). The Morgan fingerprint density at radius 1 is 1.00 bits per heavy atom. The Bertz CT molecular complexity index is 1490. The fourth-order valence-corrected chi connectivity index (χ4v) is 4.87. The Hall–Kier alpha value is -4.67. The molecule has 0 bridgehead atoms. The van der Waals surface area contributed by atoms with E-state index in [1.54, 1.807) is 37.6 Å². The minimum atomic E-state index is -0.920. The maximum atomic E-state index is 12.9. The predicted octanol–water partition coefficient (Wildman–Crippen LogP) is 4.65. The molecule has 0 radical (unpaired) electrons. The van der Waals surface area contributed by atoms with Gasteiger partial charge in [-0.15, -0.1) is 0 Å². The summed E-state index contributed by atoms with van der Waals surface area (Å²) < 4.78 is 5.62. The first kappa shape index (κ1) is 26.0. The van der Waals surface area contributed by atoms with E-state index in [9.17, 15) is 14.7 Å². The number of aryl methyl sites for hydroxylation is 2. The average Bonchev–Trinajstić information content (AvgIpc) is 3.33. The molecule has 200 valence electrons. The first-order valence-electron chi connectivity index (χ1n) is 12.8. The molecule has 0 saturated heterocycles. The fourth-order valence-electron chi connectivity index (χ4n) is 4.87. The molecule has 3 N–H and O–H groups in total. The molecule has 1 saturated carbocycles. The number of nitrogens with zero attached hydrogens (tertiary/aromatic N) is 5. The number of hydrogen-bond acceptors (Lipinski definition) is 9. The molecule has 11 heteroatoms. The van der Waals surface area contributed by atoms with Gasteiger partial charge in [0.05, 0.1) is 34.6 Å². The van der Waals surface area contributed by atoms with Crippen LogP contribution in [0.15, 0.2) is 53.4 Å². The molecular formula is C28H29N7O4. The van der Waals surface area contributed by atoms with Crippen molar-refractivity contribution in [2.45, 2.75) is 46.1 Å². The number of nitrogens with one attached hydrogen (secondary N) is 2. The number of aliphatic carboxylic acids is 1. The van der Waals surface area contributed by atoms with Crippen LogP contribution in [0.2, 0.25) is 0 Å². The smallest absolute Gasteiger partial charge is 0.307 e. The lowest BCUT2D eigenvalue weighted by molar-refractivity contribution is -0.147. The van der Waals surface area contributed by atoms with Gasteiger partial charge in [-0.2, -0.15) is 0 Å². The summed E-state index contributed by atoms with van der Waals surface area (Å²) in [6.45, 7) is 3.99. The average molecular weight is 528 g/mol. The van der Waals surface area contributed by atoms with Crippen molar-refractivity contribution in [3.63, 3.8) is 0 Å². The van der Waals surface area contributed by atoms with Gasteiger partial charge >= 0.3 is 5.97 Å². The minimum absolute atomic E-state index is 0.284. The third-order valence-electron chi connectivity index (χ3n) is 7.02. The van der Waals surface area contributed by atoms with E-state index < -0.39 is 17.8 Å². The van der Waals surface area contributed by atoms with Crippen molar-refractivity contribution in [3.8, 4) is 22.7 Å². The summed E-state index contributed by atoms with van der Waals surface area (Å²) in [6.07, 6.45) is 7.89. The molecule has 0 spiro atoms. The number of carboxylic acid groups (broad SMARTS) is 1. The van der Waals surface area contributed by atoms with Gasteiger partial charge in [0.1, 0.15) is 5.69 Å². The van der Waals surface area contributed by atoms with Crippen LogP contribution in [0.3, 0.4) is 0 Å². The van der Waals surface area contributed by atoms with Crippen molar-refractivity contribution >= 4 is 23.5 Å². The van der Waals surface area contributed by atoms with Crippen LogP contribution >= 0.6 is 0 Å². The van der Waals surface area contributed by atoms with Crippen LogP contribution in [0.1, 0.15) is 42.6 Å². The molecule has 4 aromatic rings. The molecule has 0 aliphatic heterocycles. The zero-order valence-electron chi connectivity index (χ0n) is 21.7. The molecule has 2 atom stereocenters. The zero-order valence-corrected chi connectivity index (χ0v) is 21.7. The van der Waals surface area contributed by atoms with Crippen molar-refractivity contribution in [2.24, 2.45) is 11.8 Å².